The summed E-state index contributed by atoms with van der Waals surface area (Å²) in [6, 6.07) is 0. The zero-order valence-corrected chi connectivity index (χ0v) is 17.5. The average Bonchev–Trinajstić information content (AvgIpc) is 2.56. The lowest BCUT2D eigenvalue weighted by Crippen LogP contribution is -2.43. The summed E-state index contributed by atoms with van der Waals surface area (Å²) in [5, 5.41) is 59.8. The fraction of sp³-hybridized carbons (Fsp3) is 0.588. The number of hydrogen-bond donors (Lipinski definition) is 7. The smallest absolute Gasteiger partial charge is 0.336 e. The van der Waals surface area contributed by atoms with Crippen molar-refractivity contribution in [3.8, 4) is 0 Å². The number of hydrogen-bond acceptors (Lipinski definition) is 10. The van der Waals surface area contributed by atoms with Crippen molar-refractivity contribution in [2.45, 2.75) is 25.4 Å². The summed E-state index contributed by atoms with van der Waals surface area (Å²) in [7, 11) is 0. The van der Waals surface area contributed by atoms with Gasteiger partial charge in [0.25, 0.3) is 0 Å². The zero-order valence-electron chi connectivity index (χ0n) is 17.5. The largest absolute Gasteiger partial charge is 0.481 e. The Balaban J connectivity index is 0. The van der Waals surface area contributed by atoms with Gasteiger partial charge in [-0.05, 0) is 6.92 Å². The molecule has 16 heteroatoms. The van der Waals surface area contributed by atoms with Crippen molar-refractivity contribution in [3.63, 3.8) is 0 Å². The minimum absolute atomic E-state index is 0.0408. The molecule has 188 valence electrons. The molecule has 0 fully saturated rings. The van der Waals surface area contributed by atoms with Crippen molar-refractivity contribution in [1.29, 1.82) is 0 Å². The maximum atomic E-state index is 11.0. The highest BCUT2D eigenvalue weighted by molar-refractivity contribution is 5.88. The second kappa shape index (κ2) is 15.2. The number of Topliss-reactive ketones (excluding diaryl/α,β-unsaturated/α-hetero) is 1. The Morgan fingerprint density at radius 1 is 0.576 bits per heavy atom. The summed E-state index contributed by atoms with van der Waals surface area (Å²) in [5.41, 5.74) is -2.74. The summed E-state index contributed by atoms with van der Waals surface area (Å²) >= 11 is 0. The molecule has 7 N–H and O–H groups in total. The van der Waals surface area contributed by atoms with Gasteiger partial charge in [-0.15, -0.1) is 0 Å². The molecule has 0 spiro atoms. The van der Waals surface area contributed by atoms with E-state index in [1.807, 2.05) is 0 Å². The van der Waals surface area contributed by atoms with Crippen molar-refractivity contribution in [2.24, 2.45) is 0 Å². The molecule has 16 nitrogen and oxygen atoms in total. The van der Waals surface area contributed by atoms with Crippen molar-refractivity contribution >= 4 is 41.6 Å². The Bertz CT molecular complexity index is 666. The highest BCUT2D eigenvalue weighted by Crippen LogP contribution is 2.15. The van der Waals surface area contributed by atoms with Crippen LogP contribution in [0.1, 0.15) is 19.8 Å². The van der Waals surface area contributed by atoms with Gasteiger partial charge in [-0.2, -0.15) is 0 Å². The molecule has 0 heterocycles. The molecule has 0 aliphatic heterocycles. The molecule has 0 rings (SSSR count). The molecule has 0 aromatic rings. The number of aliphatic hydroxyl groups is 1. The zero-order chi connectivity index (χ0) is 26.4. The van der Waals surface area contributed by atoms with Gasteiger partial charge >= 0.3 is 35.8 Å². The van der Waals surface area contributed by atoms with Gasteiger partial charge in [0.15, 0.2) is 5.60 Å². The Kier molecular flexibility index (Phi) is 14.6. The predicted molar refractivity (Wildman–Crippen MR) is 104 cm³/mol. The molecule has 0 saturated heterocycles. The van der Waals surface area contributed by atoms with Gasteiger partial charge in [-0.3, -0.25) is 38.6 Å². The number of carboxylic acids is 6. The van der Waals surface area contributed by atoms with Gasteiger partial charge in [0, 0.05) is 13.1 Å². The molecule has 0 aromatic heterocycles. The SMILES string of the molecule is CC(=O)CN(CCN(CC(=O)O)CC(=O)O)CC(=O)O.O=C(O)CC(O)(CC(=O)O)C(=O)O. The van der Waals surface area contributed by atoms with Crippen LogP contribution in [0.2, 0.25) is 0 Å². The van der Waals surface area contributed by atoms with Crippen LogP contribution in [-0.2, 0) is 33.6 Å². The lowest BCUT2D eigenvalue weighted by molar-refractivity contribution is -0.170. The highest BCUT2D eigenvalue weighted by Gasteiger charge is 2.40. The lowest BCUT2D eigenvalue weighted by atomic mass is 9.96. The minimum atomic E-state index is -2.74. The van der Waals surface area contributed by atoms with Crippen molar-refractivity contribution in [3.05, 3.63) is 0 Å². The van der Waals surface area contributed by atoms with Gasteiger partial charge in [0.1, 0.15) is 5.78 Å². The summed E-state index contributed by atoms with van der Waals surface area (Å²) in [5.74, 6) is -8.72. The van der Waals surface area contributed by atoms with E-state index in [1.54, 1.807) is 0 Å². The first kappa shape index (κ1) is 31.6. The molecule has 0 radical (unpaired) electrons. The Morgan fingerprint density at radius 3 is 1.09 bits per heavy atom. The summed E-state index contributed by atoms with van der Waals surface area (Å²) in [6.07, 6.45) is -2.29. The molecule has 0 amide bonds. The first-order valence-corrected chi connectivity index (χ1v) is 8.97. The van der Waals surface area contributed by atoms with Crippen LogP contribution in [0.25, 0.3) is 0 Å². The number of carboxylic acid groups (broad SMARTS) is 6. The number of carbonyl (C=O) groups excluding carboxylic acids is 1. The van der Waals surface area contributed by atoms with Crippen molar-refractivity contribution in [2.75, 3.05) is 39.3 Å². The maximum Gasteiger partial charge on any atom is 0.336 e. The van der Waals surface area contributed by atoms with E-state index in [0.29, 0.717) is 0 Å². The van der Waals surface area contributed by atoms with Gasteiger partial charge < -0.3 is 35.7 Å². The van der Waals surface area contributed by atoms with E-state index < -0.39 is 67.3 Å². The van der Waals surface area contributed by atoms with Crippen LogP contribution >= 0.6 is 0 Å². The third-order valence-electron chi connectivity index (χ3n) is 3.54. The van der Waals surface area contributed by atoms with Gasteiger partial charge in [-0.25, -0.2) is 4.79 Å². The monoisotopic (exact) mass is 482 g/mol. The summed E-state index contributed by atoms with van der Waals surface area (Å²) in [4.78, 5) is 75.8. The number of nitrogens with zero attached hydrogens (tertiary/aromatic N) is 2. The van der Waals surface area contributed by atoms with Crippen LogP contribution in [0.15, 0.2) is 0 Å². The van der Waals surface area contributed by atoms with Crippen LogP contribution in [0.5, 0.6) is 0 Å². The van der Waals surface area contributed by atoms with Gasteiger partial charge in [-0.1, -0.05) is 0 Å². The van der Waals surface area contributed by atoms with E-state index in [9.17, 15) is 33.6 Å². The second-order valence-electron chi connectivity index (χ2n) is 6.78. The van der Waals surface area contributed by atoms with E-state index in [4.69, 9.17) is 35.7 Å². The van der Waals surface area contributed by atoms with Crippen LogP contribution < -0.4 is 0 Å². The number of ketones is 1. The molecule has 33 heavy (non-hydrogen) atoms. The molecular weight excluding hydrogens is 456 g/mol. The maximum absolute atomic E-state index is 11.0. The van der Waals surface area contributed by atoms with E-state index in [-0.39, 0.29) is 32.0 Å². The highest BCUT2D eigenvalue weighted by atomic mass is 16.4. The first-order chi connectivity index (χ1) is 15.0. The average molecular weight is 482 g/mol. The van der Waals surface area contributed by atoms with Crippen LogP contribution in [0.3, 0.4) is 0 Å². The third kappa shape index (κ3) is 17.7. The van der Waals surface area contributed by atoms with Gasteiger partial charge in [0.2, 0.25) is 0 Å². The van der Waals surface area contributed by atoms with Crippen molar-refractivity contribution < 1.29 is 69.3 Å². The molecule has 0 aliphatic carbocycles. The summed E-state index contributed by atoms with van der Waals surface area (Å²) < 4.78 is 0. The fourth-order valence-corrected chi connectivity index (χ4v) is 2.31. The van der Waals surface area contributed by atoms with Crippen molar-refractivity contribution in [1.82, 2.24) is 9.80 Å². The molecule has 0 saturated carbocycles. The molecule has 0 unspecified atom stereocenters. The van der Waals surface area contributed by atoms with Gasteiger partial charge in [0.05, 0.1) is 39.0 Å². The van der Waals surface area contributed by atoms with E-state index in [0.717, 1.165) is 4.90 Å². The van der Waals surface area contributed by atoms with Crippen LogP contribution in [0, 0.1) is 0 Å². The predicted octanol–water partition coefficient (Wildman–Crippen LogP) is -2.82. The minimum Gasteiger partial charge on any atom is -0.481 e. The summed E-state index contributed by atoms with van der Waals surface area (Å²) in [6.45, 7) is 0.0567. The topological polar surface area (TPSA) is 268 Å². The Labute approximate surface area is 186 Å². The Hall–Kier alpha value is -3.63. The molecule has 0 atom stereocenters. The van der Waals surface area contributed by atoms with Crippen LogP contribution in [-0.4, -0.2) is 132 Å². The quantitative estimate of drug-likeness (QED) is 0.117. The number of carbonyl (C=O) groups is 7. The van der Waals surface area contributed by atoms with E-state index in [2.05, 4.69) is 0 Å². The molecule has 0 aromatic carbocycles. The Morgan fingerprint density at radius 2 is 0.879 bits per heavy atom. The first-order valence-electron chi connectivity index (χ1n) is 8.97. The number of rotatable bonds is 16. The normalized spacial score (nSPS) is 10.8. The molecular formula is C17H26N2O14. The third-order valence-corrected chi connectivity index (χ3v) is 3.54. The molecule has 0 aliphatic rings. The second-order valence-corrected chi connectivity index (χ2v) is 6.78. The van der Waals surface area contributed by atoms with E-state index >= 15 is 0 Å². The molecule has 0 bridgehead atoms. The number of aliphatic carboxylic acids is 6. The van der Waals surface area contributed by atoms with E-state index in [1.165, 1.54) is 11.8 Å². The standard InChI is InChI=1S/C11H18N2O7.C6H8O7/c1-8(14)4-12(5-9(15)16)2-3-13(6-10(17)18)7-11(19)20;7-3(8)1-6(13,5(11)12)2-4(9)10/h2-7H2,1H3,(H,15,16)(H,17,18)(H,19,20);13H,1-2H2,(H,7,8)(H,9,10)(H,11,12). The fourth-order valence-electron chi connectivity index (χ4n) is 2.31. The van der Waals surface area contributed by atoms with Crippen LogP contribution in [0.4, 0.5) is 0 Å². The lowest BCUT2D eigenvalue weighted by Gasteiger charge is -2.23.